The molecule has 1 aromatic carbocycles. The Kier molecular flexibility index (Phi) is 6.83. The highest BCUT2D eigenvalue weighted by Gasteiger charge is 2.22. The van der Waals surface area contributed by atoms with Crippen LogP contribution in [0.4, 0.5) is 5.69 Å². The van der Waals surface area contributed by atoms with Crippen molar-refractivity contribution in [2.24, 2.45) is 4.99 Å². The normalized spacial score (nSPS) is 21.4. The van der Waals surface area contributed by atoms with Crippen molar-refractivity contribution in [1.82, 2.24) is 10.2 Å². The van der Waals surface area contributed by atoms with Gasteiger partial charge in [0.2, 0.25) is 5.91 Å². The van der Waals surface area contributed by atoms with Crippen molar-refractivity contribution in [3.8, 4) is 0 Å². The first-order valence-corrected chi connectivity index (χ1v) is 10.8. The summed E-state index contributed by atoms with van der Waals surface area (Å²) in [6.45, 7) is 8.90. The third-order valence-corrected chi connectivity index (χ3v) is 6.33. The summed E-state index contributed by atoms with van der Waals surface area (Å²) in [7, 11) is 0. The lowest BCUT2D eigenvalue weighted by Crippen LogP contribution is -2.48. The molecule has 2 aliphatic heterocycles. The predicted molar refractivity (Wildman–Crippen MR) is 111 cm³/mol. The quantitative estimate of drug-likeness (QED) is 0.635. The zero-order valence-electron chi connectivity index (χ0n) is 15.9. The Bertz CT molecular complexity index is 631. The van der Waals surface area contributed by atoms with Crippen LogP contribution in [0.15, 0.2) is 29.3 Å². The number of carbonyl (C=O) groups excluding carboxylic acids is 1. The van der Waals surface area contributed by atoms with Crippen LogP contribution in [0, 0.1) is 0 Å². The fraction of sp³-hybridized carbons (Fsp3) is 0.600. The number of carbonyl (C=O) groups is 1. The van der Waals surface area contributed by atoms with E-state index in [-0.39, 0.29) is 5.91 Å². The molecule has 5 nitrogen and oxygen atoms in total. The van der Waals surface area contributed by atoms with E-state index in [0.717, 1.165) is 44.2 Å². The number of nitrogens with one attached hydrogen (secondary N) is 1. The van der Waals surface area contributed by atoms with Gasteiger partial charge in [0.05, 0.1) is 6.54 Å². The molecule has 26 heavy (non-hydrogen) atoms. The van der Waals surface area contributed by atoms with E-state index >= 15 is 0 Å². The lowest BCUT2D eigenvalue weighted by molar-refractivity contribution is -0.117. The molecule has 142 valence electrons. The number of thioether (sulfide) groups is 1. The van der Waals surface area contributed by atoms with Crippen molar-refractivity contribution in [3.63, 3.8) is 0 Å². The topological polar surface area (TPSA) is 47.9 Å². The van der Waals surface area contributed by atoms with Gasteiger partial charge in [0.1, 0.15) is 0 Å². The number of anilines is 1. The summed E-state index contributed by atoms with van der Waals surface area (Å²) in [5.41, 5.74) is 2.18. The van der Waals surface area contributed by atoms with E-state index in [1.807, 2.05) is 17.0 Å². The maximum absolute atomic E-state index is 11.9. The van der Waals surface area contributed by atoms with Crippen LogP contribution in [-0.2, 0) is 11.3 Å². The van der Waals surface area contributed by atoms with Crippen molar-refractivity contribution in [2.75, 3.05) is 36.8 Å². The molecule has 1 amide bonds. The third-order valence-electron chi connectivity index (χ3n) is 4.96. The second-order valence-corrected chi connectivity index (χ2v) is 8.24. The van der Waals surface area contributed by atoms with Crippen LogP contribution in [0.25, 0.3) is 0 Å². The highest BCUT2D eigenvalue weighted by atomic mass is 32.2. The fourth-order valence-corrected chi connectivity index (χ4v) is 4.63. The molecule has 2 heterocycles. The minimum Gasteiger partial charge on any atom is -0.357 e. The van der Waals surface area contributed by atoms with Crippen LogP contribution >= 0.6 is 11.8 Å². The predicted octanol–water partition coefficient (Wildman–Crippen LogP) is 3.11. The summed E-state index contributed by atoms with van der Waals surface area (Å²) in [5.74, 6) is 2.42. The first-order chi connectivity index (χ1) is 12.7. The molecule has 2 aliphatic rings. The summed E-state index contributed by atoms with van der Waals surface area (Å²) in [6, 6.07) is 8.28. The molecule has 0 radical (unpaired) electrons. The van der Waals surface area contributed by atoms with Gasteiger partial charge in [0.15, 0.2) is 5.96 Å². The molecule has 1 N–H and O–H groups in total. The minimum atomic E-state index is 0.235. The lowest BCUT2D eigenvalue weighted by Gasteiger charge is -2.34. The van der Waals surface area contributed by atoms with E-state index in [9.17, 15) is 4.79 Å². The second-order valence-electron chi connectivity index (χ2n) is 6.83. The average molecular weight is 375 g/mol. The van der Waals surface area contributed by atoms with Gasteiger partial charge in [-0.3, -0.25) is 4.79 Å². The molecule has 2 saturated heterocycles. The minimum absolute atomic E-state index is 0.235. The van der Waals surface area contributed by atoms with Gasteiger partial charge in [-0.2, -0.15) is 11.8 Å². The van der Waals surface area contributed by atoms with Gasteiger partial charge in [-0.1, -0.05) is 19.1 Å². The summed E-state index contributed by atoms with van der Waals surface area (Å²) >= 11 is 2.07. The average Bonchev–Trinajstić information content (AvgIpc) is 3.11. The Labute approximate surface area is 161 Å². The van der Waals surface area contributed by atoms with Crippen LogP contribution < -0.4 is 10.2 Å². The molecule has 0 saturated carbocycles. The molecule has 3 rings (SSSR count). The number of hydrogen-bond donors (Lipinski definition) is 1. The van der Waals surface area contributed by atoms with Crippen LogP contribution in [-0.4, -0.2) is 53.9 Å². The molecule has 1 atom stereocenters. The highest BCUT2D eigenvalue weighted by molar-refractivity contribution is 8.00. The van der Waals surface area contributed by atoms with Crippen LogP contribution in [0.1, 0.15) is 38.7 Å². The van der Waals surface area contributed by atoms with Gasteiger partial charge in [-0.15, -0.1) is 0 Å². The number of amides is 1. The number of rotatable bonds is 5. The highest BCUT2D eigenvalue weighted by Crippen LogP contribution is 2.23. The third kappa shape index (κ3) is 4.72. The number of nitrogens with zero attached hydrogens (tertiary/aromatic N) is 3. The second kappa shape index (κ2) is 9.31. The molecule has 0 aromatic heterocycles. The van der Waals surface area contributed by atoms with E-state index < -0.39 is 0 Å². The van der Waals surface area contributed by atoms with E-state index in [1.165, 1.54) is 17.7 Å². The largest absolute Gasteiger partial charge is 0.357 e. The molecule has 0 spiro atoms. The molecule has 0 bridgehead atoms. The number of guanidine groups is 1. The summed E-state index contributed by atoms with van der Waals surface area (Å²) < 4.78 is 0. The zero-order chi connectivity index (χ0) is 18.4. The van der Waals surface area contributed by atoms with Gasteiger partial charge < -0.3 is 15.1 Å². The first kappa shape index (κ1) is 19.1. The van der Waals surface area contributed by atoms with Crippen molar-refractivity contribution in [2.45, 2.75) is 44.9 Å². The maximum Gasteiger partial charge on any atom is 0.227 e. The van der Waals surface area contributed by atoms with Crippen molar-refractivity contribution >= 4 is 29.3 Å². The number of hydrogen-bond acceptors (Lipinski definition) is 3. The smallest absolute Gasteiger partial charge is 0.227 e. The van der Waals surface area contributed by atoms with Gasteiger partial charge in [-0.05, 0) is 37.5 Å². The van der Waals surface area contributed by atoms with Crippen LogP contribution in [0.3, 0.4) is 0 Å². The molecule has 2 fully saturated rings. The number of benzene rings is 1. The van der Waals surface area contributed by atoms with E-state index in [1.54, 1.807) is 0 Å². The zero-order valence-corrected chi connectivity index (χ0v) is 16.7. The van der Waals surface area contributed by atoms with Gasteiger partial charge in [-0.25, -0.2) is 4.99 Å². The van der Waals surface area contributed by atoms with E-state index in [0.29, 0.717) is 18.2 Å². The monoisotopic (exact) mass is 374 g/mol. The van der Waals surface area contributed by atoms with E-state index in [2.05, 4.69) is 48.0 Å². The number of aliphatic imine (C=N–C) groups is 1. The SMILES string of the molecule is CCNC(=NCc1ccc(N2CCCC2=O)cc1)N1CCSC(CC)C1. The molecule has 6 heteroatoms. The standard InChI is InChI=1S/C20H30N4OS/c1-3-18-15-23(12-13-26-18)20(21-4-2)22-14-16-7-9-17(10-8-16)24-11-5-6-19(24)25/h7-10,18H,3-6,11-15H2,1-2H3,(H,21,22). The molecular weight excluding hydrogens is 344 g/mol. The Hall–Kier alpha value is -1.69. The molecular formula is C20H30N4OS. The maximum atomic E-state index is 11.9. The van der Waals surface area contributed by atoms with Crippen LogP contribution in [0.2, 0.25) is 0 Å². The molecule has 1 aromatic rings. The molecule has 0 aliphatic carbocycles. The van der Waals surface area contributed by atoms with Crippen molar-refractivity contribution in [1.29, 1.82) is 0 Å². The van der Waals surface area contributed by atoms with Gasteiger partial charge in [0, 0.05) is 49.3 Å². The Morgan fingerprint density at radius 1 is 1.27 bits per heavy atom. The summed E-state index contributed by atoms with van der Waals surface area (Å²) in [6.07, 6.45) is 2.84. The molecule has 1 unspecified atom stereocenters. The Balaban J connectivity index is 1.64. The van der Waals surface area contributed by atoms with Crippen LogP contribution in [0.5, 0.6) is 0 Å². The van der Waals surface area contributed by atoms with Crippen molar-refractivity contribution < 1.29 is 4.79 Å². The summed E-state index contributed by atoms with van der Waals surface area (Å²) in [5, 5.41) is 4.14. The van der Waals surface area contributed by atoms with Crippen molar-refractivity contribution in [3.05, 3.63) is 29.8 Å². The van der Waals surface area contributed by atoms with Gasteiger partial charge in [0.25, 0.3) is 0 Å². The fourth-order valence-electron chi connectivity index (χ4n) is 3.45. The Morgan fingerprint density at radius 3 is 2.73 bits per heavy atom. The lowest BCUT2D eigenvalue weighted by atomic mass is 10.2. The Morgan fingerprint density at radius 2 is 2.08 bits per heavy atom. The van der Waals surface area contributed by atoms with Gasteiger partial charge >= 0.3 is 0 Å². The van der Waals surface area contributed by atoms with E-state index in [4.69, 9.17) is 4.99 Å². The first-order valence-electron chi connectivity index (χ1n) is 9.75. The summed E-state index contributed by atoms with van der Waals surface area (Å²) in [4.78, 5) is 21.0.